The zero-order chi connectivity index (χ0) is 38.8. The highest BCUT2D eigenvalue weighted by Gasteiger charge is 2.34. The lowest BCUT2D eigenvalue weighted by Gasteiger charge is -2.31. The van der Waals surface area contributed by atoms with E-state index < -0.39 is 45.7 Å². The van der Waals surface area contributed by atoms with E-state index in [1.807, 2.05) is 18.2 Å². The Balaban J connectivity index is 1.36. The van der Waals surface area contributed by atoms with Gasteiger partial charge in [-0.2, -0.15) is 0 Å². The number of aromatic nitrogens is 1. The molecule has 0 saturated carbocycles. The van der Waals surface area contributed by atoms with Crippen molar-refractivity contribution in [3.05, 3.63) is 85.8 Å². The molecule has 1 aliphatic carbocycles. The molecule has 0 atom stereocenters. The molecule has 0 bridgehead atoms. The highest BCUT2D eigenvalue weighted by molar-refractivity contribution is 8.18. The molecule has 4 N–H and O–H groups in total. The van der Waals surface area contributed by atoms with E-state index in [2.05, 4.69) is 48.2 Å². The molecule has 2 aromatic carbocycles. The Kier molecular flexibility index (Phi) is 14.3. The summed E-state index contributed by atoms with van der Waals surface area (Å²) < 4.78 is 2.41. The predicted molar refractivity (Wildman–Crippen MR) is 221 cm³/mol. The van der Waals surface area contributed by atoms with Crippen LogP contribution < -0.4 is 20.4 Å². The molecule has 5 rings (SSSR count). The van der Waals surface area contributed by atoms with E-state index in [9.17, 15) is 30.3 Å². The number of Topliss-reactive ketones (excluding diaryl/α,β-unsaturated/α-hetero) is 1. The van der Waals surface area contributed by atoms with Gasteiger partial charge in [-0.05, 0) is 77.9 Å². The number of hydrogen-bond donors (Lipinski definition) is 4. The van der Waals surface area contributed by atoms with E-state index in [1.54, 1.807) is 41.4 Å². The van der Waals surface area contributed by atoms with Gasteiger partial charge in [0, 0.05) is 59.1 Å². The Morgan fingerprint density at radius 1 is 0.778 bits per heavy atom. The molecular formula is C43H51N3O6S2. The van der Waals surface area contributed by atoms with Crippen molar-refractivity contribution < 1.29 is 34.9 Å². The number of phenols is 4. The standard InChI is InChI=1S/C43H51N3O6S2/c1-5-9-19-45(20-10-6-2)36-18-17-30(53-36)15-13-28-23-32(47)37(33(48)24-28)39-41(51)40(42(39)52)38-34(49)25-29(26-35(38)50)14-16-31-27-44-43(54-31)46(21-11-7-3)22-12-8-4/h13-18,23-27H,5-12,19-22H2,1-4H3,(H4,47,48,49,50,51,52)/b16-14+. The number of aromatic hydroxyl groups is 4. The maximum atomic E-state index is 13.4. The summed E-state index contributed by atoms with van der Waals surface area (Å²) in [6.07, 6.45) is 22.0. The Morgan fingerprint density at radius 2 is 1.39 bits per heavy atom. The number of unbranched alkanes of at least 4 members (excludes halogenated alkanes) is 4. The third kappa shape index (κ3) is 9.49. The van der Waals surface area contributed by atoms with Crippen LogP contribution in [0.3, 0.4) is 0 Å². The van der Waals surface area contributed by atoms with Crippen LogP contribution in [0.25, 0.3) is 29.4 Å². The number of ketones is 1. The Bertz CT molecular complexity index is 2070. The minimum Gasteiger partial charge on any atom is -0.871 e. The van der Waals surface area contributed by atoms with Gasteiger partial charge in [0.2, 0.25) is 5.04 Å². The summed E-state index contributed by atoms with van der Waals surface area (Å²) in [5, 5.41) is 59.3. The normalized spacial score (nSPS) is 14.9. The van der Waals surface area contributed by atoms with Crippen molar-refractivity contribution in [1.82, 2.24) is 4.98 Å². The van der Waals surface area contributed by atoms with Crippen LogP contribution in [-0.2, 0) is 4.79 Å². The van der Waals surface area contributed by atoms with Crippen LogP contribution in [0.5, 0.6) is 23.0 Å². The maximum Gasteiger partial charge on any atom is 0.239 e. The molecule has 0 amide bonds. The minimum absolute atomic E-state index is 0.280. The lowest BCUT2D eigenvalue weighted by molar-refractivity contribution is -0.525. The van der Waals surface area contributed by atoms with Gasteiger partial charge in [0.05, 0.1) is 10.8 Å². The molecule has 0 saturated heterocycles. The van der Waals surface area contributed by atoms with Gasteiger partial charge in [-0.25, -0.2) is 9.56 Å². The number of carbonyl (C=O) groups is 1. The number of thiazole rings is 1. The van der Waals surface area contributed by atoms with Gasteiger partial charge in [0.25, 0.3) is 0 Å². The number of phenolic OH excluding ortho intramolecular Hbond substituents is 4. The molecule has 1 aromatic heterocycles. The van der Waals surface area contributed by atoms with Crippen LogP contribution in [0.15, 0.2) is 59.4 Å². The molecule has 286 valence electrons. The van der Waals surface area contributed by atoms with E-state index >= 15 is 0 Å². The topological polar surface area (TPSA) is 140 Å². The van der Waals surface area contributed by atoms with Crippen LogP contribution in [0.4, 0.5) is 5.13 Å². The van der Waals surface area contributed by atoms with Gasteiger partial charge >= 0.3 is 0 Å². The summed E-state index contributed by atoms with van der Waals surface area (Å²) in [7, 11) is 0. The third-order valence-corrected chi connectivity index (χ3v) is 11.5. The fourth-order valence-corrected chi connectivity index (χ4v) is 8.14. The summed E-state index contributed by atoms with van der Waals surface area (Å²) in [5.74, 6) is -3.33. The van der Waals surface area contributed by atoms with Gasteiger partial charge < -0.3 is 30.4 Å². The van der Waals surface area contributed by atoms with Crippen LogP contribution in [0.1, 0.15) is 95.1 Å². The molecular weight excluding hydrogens is 719 g/mol. The first kappa shape index (κ1) is 40.4. The quantitative estimate of drug-likeness (QED) is 0.107. The summed E-state index contributed by atoms with van der Waals surface area (Å²) >= 11 is 3.23. The number of rotatable bonds is 17. The van der Waals surface area contributed by atoms with Gasteiger partial charge in [0.15, 0.2) is 10.9 Å². The van der Waals surface area contributed by atoms with Crippen molar-refractivity contribution in [3.63, 3.8) is 0 Å². The minimum atomic E-state index is -0.794. The molecule has 54 heavy (non-hydrogen) atoms. The Hall–Kier alpha value is -4.74. The van der Waals surface area contributed by atoms with Crippen LogP contribution in [0, 0.1) is 0 Å². The average Bonchev–Trinajstić information content (AvgIpc) is 3.83. The van der Waals surface area contributed by atoms with Crippen LogP contribution in [-0.4, -0.2) is 67.0 Å². The molecule has 1 aliphatic heterocycles. The molecule has 0 radical (unpaired) electrons. The van der Waals surface area contributed by atoms with E-state index in [1.165, 1.54) is 29.3 Å². The number of anilines is 1. The van der Waals surface area contributed by atoms with Gasteiger partial charge in [0.1, 0.15) is 36.1 Å². The second-order valence-corrected chi connectivity index (χ2v) is 15.7. The van der Waals surface area contributed by atoms with Crippen molar-refractivity contribution >= 4 is 68.4 Å². The van der Waals surface area contributed by atoms with Crippen molar-refractivity contribution in [2.45, 2.75) is 79.1 Å². The summed E-state index contributed by atoms with van der Waals surface area (Å²) in [6.45, 7) is 12.6. The average molecular weight is 770 g/mol. The second-order valence-electron chi connectivity index (χ2n) is 13.6. The number of thioether (sulfide) groups is 1. The van der Waals surface area contributed by atoms with Crippen molar-refractivity contribution in [2.24, 2.45) is 0 Å². The molecule has 2 heterocycles. The molecule has 3 aromatic rings. The molecule has 0 fully saturated rings. The molecule has 9 nitrogen and oxygen atoms in total. The van der Waals surface area contributed by atoms with E-state index in [4.69, 9.17) is 0 Å². The lowest BCUT2D eigenvalue weighted by Crippen LogP contribution is -2.33. The predicted octanol–water partition coefficient (Wildman–Crippen LogP) is 7.03. The summed E-state index contributed by atoms with van der Waals surface area (Å²) in [4.78, 5) is 22.2. The van der Waals surface area contributed by atoms with Crippen LogP contribution >= 0.6 is 23.1 Å². The fraction of sp³-hybridized carbons (Fsp3) is 0.372. The zero-order valence-corrected chi connectivity index (χ0v) is 33.2. The first-order valence-corrected chi connectivity index (χ1v) is 20.6. The number of allylic oxidation sites excluding steroid dienone is 4. The molecule has 11 heteroatoms. The number of benzene rings is 2. The second kappa shape index (κ2) is 19.0. The first-order chi connectivity index (χ1) is 26.1. The largest absolute Gasteiger partial charge is 0.871 e. The SMILES string of the molecule is CCCCN(CCCC)c1ncc(/C=C/c2cc(O)c(C3=C([O-])C(=c4c(O)cc(=C/C=C5\C=CC(=[N+](CCCC)CCCC)S5)cc4O)C3=O)c(O)c2)s1. The maximum absolute atomic E-state index is 13.4. The van der Waals surface area contributed by atoms with Crippen molar-refractivity contribution in [3.8, 4) is 23.0 Å². The van der Waals surface area contributed by atoms with E-state index in [0.29, 0.717) is 10.8 Å². The number of nitrogens with zero attached hydrogens (tertiary/aromatic N) is 3. The molecule has 0 unspecified atom stereocenters. The van der Waals surface area contributed by atoms with Crippen LogP contribution in [0.2, 0.25) is 0 Å². The smallest absolute Gasteiger partial charge is 0.239 e. The highest BCUT2D eigenvalue weighted by Crippen LogP contribution is 2.44. The van der Waals surface area contributed by atoms with Gasteiger partial charge in [-0.15, -0.1) is 0 Å². The number of carbonyl (C=O) groups excluding carboxylic acids is 1. The summed E-state index contributed by atoms with van der Waals surface area (Å²) in [5.41, 5.74) is -0.645. The van der Waals surface area contributed by atoms with Gasteiger partial charge in [-0.1, -0.05) is 82.6 Å². The monoisotopic (exact) mass is 769 g/mol. The van der Waals surface area contributed by atoms with Gasteiger partial charge in [-0.3, -0.25) is 4.79 Å². The zero-order valence-electron chi connectivity index (χ0n) is 31.6. The Labute approximate surface area is 326 Å². The molecule has 2 aliphatic rings. The Morgan fingerprint density at radius 3 is 1.96 bits per heavy atom. The lowest BCUT2D eigenvalue weighted by atomic mass is 9.81. The fourth-order valence-electron chi connectivity index (χ4n) is 6.31. The third-order valence-electron chi connectivity index (χ3n) is 9.36. The molecule has 0 spiro atoms. The van der Waals surface area contributed by atoms with E-state index in [0.717, 1.165) is 92.5 Å². The van der Waals surface area contributed by atoms with Crippen molar-refractivity contribution in [1.29, 1.82) is 0 Å². The number of hydrogen-bond acceptors (Lipinski definition) is 10. The van der Waals surface area contributed by atoms with E-state index in [-0.39, 0.29) is 10.8 Å². The van der Waals surface area contributed by atoms with Crippen molar-refractivity contribution in [2.75, 3.05) is 31.1 Å². The highest BCUT2D eigenvalue weighted by atomic mass is 32.2. The first-order valence-electron chi connectivity index (χ1n) is 19.0. The summed E-state index contributed by atoms with van der Waals surface area (Å²) in [6, 6.07) is 5.51.